The molecule has 1 amide bonds. The minimum Gasteiger partial charge on any atom is -0.377 e. The highest BCUT2D eigenvalue weighted by molar-refractivity contribution is 7.09. The van der Waals surface area contributed by atoms with Gasteiger partial charge in [-0.05, 0) is 24.3 Å². The van der Waals surface area contributed by atoms with Crippen LogP contribution in [-0.4, -0.2) is 36.6 Å². The maximum absolute atomic E-state index is 11.1. The van der Waals surface area contributed by atoms with E-state index in [1.54, 1.807) is 11.3 Å². The van der Waals surface area contributed by atoms with E-state index in [1.807, 2.05) is 11.4 Å². The van der Waals surface area contributed by atoms with Gasteiger partial charge in [0, 0.05) is 24.6 Å². The average Bonchev–Trinajstić information content (AvgIpc) is 2.89. The summed E-state index contributed by atoms with van der Waals surface area (Å²) >= 11 is 1.70. The maximum Gasteiger partial charge on any atom is 0.231 e. The molecule has 0 unspecified atom stereocenters. The van der Waals surface area contributed by atoms with Crippen molar-refractivity contribution in [1.82, 2.24) is 4.90 Å². The Kier molecular flexibility index (Phi) is 4.53. The molecule has 0 bridgehead atoms. The summed E-state index contributed by atoms with van der Waals surface area (Å²) in [4.78, 5) is 14.4. The molecule has 1 aromatic rings. The number of nitrogens with zero attached hydrogens (tertiary/aromatic N) is 1. The van der Waals surface area contributed by atoms with Crippen molar-refractivity contribution >= 4 is 17.2 Å². The summed E-state index contributed by atoms with van der Waals surface area (Å²) in [6.45, 7) is 2.72. The number of primary amides is 1. The third-order valence-electron chi connectivity index (χ3n) is 2.82. The van der Waals surface area contributed by atoms with E-state index in [9.17, 15) is 4.79 Å². The second kappa shape index (κ2) is 6.14. The Hall–Kier alpha value is -0.910. The monoisotopic (exact) mass is 254 g/mol. The van der Waals surface area contributed by atoms with E-state index in [0.29, 0.717) is 6.54 Å². The number of nitrogens with two attached hydrogens (primary N) is 1. The minimum absolute atomic E-state index is 0.259. The molecule has 94 valence electrons. The zero-order chi connectivity index (χ0) is 12.1. The molecule has 0 aliphatic carbocycles. The minimum atomic E-state index is -0.278. The molecule has 4 nitrogen and oxygen atoms in total. The molecule has 1 saturated heterocycles. The van der Waals surface area contributed by atoms with Crippen LogP contribution in [0.3, 0.4) is 0 Å². The van der Waals surface area contributed by atoms with Crippen LogP contribution in [0.4, 0.5) is 0 Å². The topological polar surface area (TPSA) is 55.6 Å². The van der Waals surface area contributed by atoms with Gasteiger partial charge in [0.05, 0.1) is 12.6 Å². The molecule has 2 N–H and O–H groups in total. The van der Waals surface area contributed by atoms with Crippen molar-refractivity contribution in [3.63, 3.8) is 0 Å². The first-order chi connectivity index (χ1) is 8.24. The molecular weight excluding hydrogens is 236 g/mol. The molecule has 5 heteroatoms. The molecule has 0 saturated carbocycles. The van der Waals surface area contributed by atoms with Crippen LogP contribution in [0.1, 0.15) is 17.7 Å². The first kappa shape index (κ1) is 12.5. The van der Waals surface area contributed by atoms with Crippen molar-refractivity contribution in [3.05, 3.63) is 22.4 Å². The summed E-state index contributed by atoms with van der Waals surface area (Å²) in [5.74, 6) is -0.278. The van der Waals surface area contributed by atoms with Gasteiger partial charge in [0.25, 0.3) is 0 Å². The van der Waals surface area contributed by atoms with Gasteiger partial charge in [-0.25, -0.2) is 0 Å². The van der Waals surface area contributed by atoms with Crippen LogP contribution in [0.5, 0.6) is 0 Å². The lowest BCUT2D eigenvalue weighted by atomic mass is 10.2. The number of carbonyl (C=O) groups is 1. The van der Waals surface area contributed by atoms with E-state index in [1.165, 1.54) is 4.88 Å². The molecule has 2 rings (SSSR count). The molecule has 2 heterocycles. The van der Waals surface area contributed by atoms with Crippen LogP contribution < -0.4 is 5.73 Å². The first-order valence-corrected chi connectivity index (χ1v) is 6.76. The van der Waals surface area contributed by atoms with Crippen LogP contribution in [0.25, 0.3) is 0 Å². The number of carbonyl (C=O) groups excluding carboxylic acids is 1. The number of amides is 1. The number of ether oxygens (including phenoxy) is 1. The fourth-order valence-corrected chi connectivity index (χ4v) is 2.85. The largest absolute Gasteiger partial charge is 0.377 e. The lowest BCUT2D eigenvalue weighted by Crippen LogP contribution is -2.38. The van der Waals surface area contributed by atoms with Crippen molar-refractivity contribution in [2.75, 3.05) is 19.7 Å². The zero-order valence-electron chi connectivity index (χ0n) is 9.80. The van der Waals surface area contributed by atoms with Gasteiger partial charge >= 0.3 is 0 Å². The molecule has 1 aliphatic rings. The summed E-state index contributed by atoms with van der Waals surface area (Å²) in [5, 5.41) is 2.05. The predicted molar refractivity (Wildman–Crippen MR) is 67.8 cm³/mol. The van der Waals surface area contributed by atoms with Gasteiger partial charge in [-0.2, -0.15) is 0 Å². The number of hydrogen-bond acceptors (Lipinski definition) is 4. The Balaban J connectivity index is 1.89. The SMILES string of the molecule is NC(=O)CN(Cc1cccs1)C[C@H]1CCCO1. The Bertz CT molecular complexity index is 347. The van der Waals surface area contributed by atoms with Gasteiger partial charge in [-0.15, -0.1) is 11.3 Å². The van der Waals surface area contributed by atoms with E-state index >= 15 is 0 Å². The third kappa shape index (κ3) is 4.11. The molecule has 0 spiro atoms. The van der Waals surface area contributed by atoms with Gasteiger partial charge in [-0.3, -0.25) is 9.69 Å². The van der Waals surface area contributed by atoms with E-state index in [-0.39, 0.29) is 12.0 Å². The van der Waals surface area contributed by atoms with Crippen LogP contribution in [0.2, 0.25) is 0 Å². The zero-order valence-corrected chi connectivity index (χ0v) is 10.6. The quantitative estimate of drug-likeness (QED) is 0.830. The van der Waals surface area contributed by atoms with Crippen molar-refractivity contribution in [2.24, 2.45) is 5.73 Å². The van der Waals surface area contributed by atoms with Crippen LogP contribution >= 0.6 is 11.3 Å². The Labute approximate surface area is 105 Å². The first-order valence-electron chi connectivity index (χ1n) is 5.88. The molecule has 0 aromatic carbocycles. The second-order valence-electron chi connectivity index (χ2n) is 4.35. The third-order valence-corrected chi connectivity index (χ3v) is 3.69. The van der Waals surface area contributed by atoms with Crippen molar-refractivity contribution in [3.8, 4) is 0 Å². The average molecular weight is 254 g/mol. The molecule has 0 radical (unpaired) electrons. The van der Waals surface area contributed by atoms with Crippen molar-refractivity contribution in [2.45, 2.75) is 25.5 Å². The van der Waals surface area contributed by atoms with Gasteiger partial charge in [0.1, 0.15) is 0 Å². The maximum atomic E-state index is 11.1. The van der Waals surface area contributed by atoms with Crippen molar-refractivity contribution < 1.29 is 9.53 Å². The van der Waals surface area contributed by atoms with Crippen molar-refractivity contribution in [1.29, 1.82) is 0 Å². The molecule has 1 atom stereocenters. The lowest BCUT2D eigenvalue weighted by molar-refractivity contribution is -0.119. The smallest absolute Gasteiger partial charge is 0.231 e. The van der Waals surface area contributed by atoms with E-state index < -0.39 is 0 Å². The summed E-state index contributed by atoms with van der Waals surface area (Å²) in [6.07, 6.45) is 2.46. The van der Waals surface area contributed by atoms with Gasteiger partial charge < -0.3 is 10.5 Å². The summed E-state index contributed by atoms with van der Waals surface area (Å²) in [7, 11) is 0. The summed E-state index contributed by atoms with van der Waals surface area (Å²) in [5.41, 5.74) is 5.28. The predicted octanol–water partition coefficient (Wildman–Crippen LogP) is 1.21. The highest BCUT2D eigenvalue weighted by Gasteiger charge is 2.20. The number of hydrogen-bond donors (Lipinski definition) is 1. The normalized spacial score (nSPS) is 19.9. The molecule has 1 fully saturated rings. The Morgan fingerprint density at radius 2 is 2.53 bits per heavy atom. The Morgan fingerprint density at radius 1 is 1.65 bits per heavy atom. The van der Waals surface area contributed by atoms with Gasteiger partial charge in [0.2, 0.25) is 5.91 Å². The summed E-state index contributed by atoms with van der Waals surface area (Å²) < 4.78 is 5.59. The molecule has 1 aromatic heterocycles. The Morgan fingerprint density at radius 3 is 3.12 bits per heavy atom. The number of thiophene rings is 1. The van der Waals surface area contributed by atoms with Crippen LogP contribution in [0.15, 0.2) is 17.5 Å². The number of rotatable bonds is 6. The van der Waals surface area contributed by atoms with Gasteiger partial charge in [-0.1, -0.05) is 6.07 Å². The van der Waals surface area contributed by atoms with Gasteiger partial charge in [0.15, 0.2) is 0 Å². The van der Waals surface area contributed by atoms with E-state index in [0.717, 1.165) is 32.5 Å². The summed E-state index contributed by atoms with van der Waals surface area (Å²) in [6, 6.07) is 4.10. The van der Waals surface area contributed by atoms with E-state index in [4.69, 9.17) is 10.5 Å². The fraction of sp³-hybridized carbons (Fsp3) is 0.583. The van der Waals surface area contributed by atoms with Crippen LogP contribution in [-0.2, 0) is 16.1 Å². The standard InChI is InChI=1S/C12H18N2O2S/c13-12(15)9-14(7-10-3-1-5-16-10)8-11-4-2-6-17-11/h2,4,6,10H,1,3,5,7-9H2,(H2,13,15)/t10-/m1/s1. The van der Waals surface area contributed by atoms with Crippen LogP contribution in [0, 0.1) is 0 Å². The molecule has 1 aliphatic heterocycles. The van der Waals surface area contributed by atoms with E-state index in [2.05, 4.69) is 11.0 Å². The lowest BCUT2D eigenvalue weighted by Gasteiger charge is -2.23. The molecular formula is C12H18N2O2S. The fourth-order valence-electron chi connectivity index (χ4n) is 2.10. The molecule has 17 heavy (non-hydrogen) atoms. The second-order valence-corrected chi connectivity index (χ2v) is 5.38. The highest BCUT2D eigenvalue weighted by atomic mass is 32.1. The highest BCUT2D eigenvalue weighted by Crippen LogP contribution is 2.16.